The first-order valence-electron chi connectivity index (χ1n) is 8.93. The van der Waals surface area contributed by atoms with E-state index in [0.717, 1.165) is 24.5 Å². The molecule has 1 N–H and O–H groups in total. The van der Waals surface area contributed by atoms with Gasteiger partial charge in [0, 0.05) is 12.1 Å². The normalized spacial score (nSPS) is 11.8. The summed E-state index contributed by atoms with van der Waals surface area (Å²) in [5, 5.41) is 13.8. The van der Waals surface area contributed by atoms with Gasteiger partial charge in [0.25, 0.3) is 11.6 Å². The molecular weight excluding hydrogens is 360 g/mol. The lowest BCUT2D eigenvalue weighted by Gasteiger charge is -2.18. The van der Waals surface area contributed by atoms with Crippen LogP contribution in [0.5, 0.6) is 0 Å². The second-order valence-corrected chi connectivity index (χ2v) is 6.08. The van der Waals surface area contributed by atoms with Crippen LogP contribution in [0.4, 0.5) is 5.69 Å². The van der Waals surface area contributed by atoms with Gasteiger partial charge in [0.05, 0.1) is 16.5 Å². The number of benzene rings is 2. The molecule has 2 aromatic rings. The first-order valence-corrected chi connectivity index (χ1v) is 8.93. The van der Waals surface area contributed by atoms with Crippen molar-refractivity contribution in [2.75, 3.05) is 6.61 Å². The smallest absolute Gasteiger partial charge is 0.331 e. The minimum Gasteiger partial charge on any atom is -0.452 e. The lowest BCUT2D eigenvalue weighted by molar-refractivity contribution is -0.385. The maximum atomic E-state index is 12.1. The molecule has 0 bridgehead atoms. The van der Waals surface area contributed by atoms with E-state index in [-0.39, 0.29) is 17.3 Å². The van der Waals surface area contributed by atoms with Gasteiger partial charge in [-0.1, -0.05) is 55.8 Å². The Morgan fingerprint density at radius 1 is 1.14 bits per heavy atom. The van der Waals surface area contributed by atoms with Crippen LogP contribution in [0.2, 0.25) is 0 Å². The molecule has 0 aliphatic rings. The second-order valence-electron chi connectivity index (χ2n) is 6.08. The number of nitro benzene ring substituents is 1. The van der Waals surface area contributed by atoms with Gasteiger partial charge in [0.2, 0.25) is 0 Å². The van der Waals surface area contributed by atoms with Crippen molar-refractivity contribution < 1.29 is 19.2 Å². The van der Waals surface area contributed by atoms with Crippen LogP contribution >= 0.6 is 0 Å². The van der Waals surface area contributed by atoms with Crippen LogP contribution in [-0.4, -0.2) is 23.4 Å². The Kier molecular flexibility index (Phi) is 7.90. The summed E-state index contributed by atoms with van der Waals surface area (Å²) in [6.07, 6.45) is 4.01. The number of para-hydroxylation sites is 1. The third-order valence-corrected chi connectivity index (χ3v) is 3.99. The highest BCUT2D eigenvalue weighted by Crippen LogP contribution is 2.19. The lowest BCUT2D eigenvalue weighted by Crippen LogP contribution is -2.32. The standard InChI is InChI=1S/C21H22N2O5/c1-2-8-18(16-9-4-3-5-10-16)22-20(24)15-28-21(25)14-13-17-11-6-7-12-19(17)23(26)27/h3-7,9-14,18H,2,8,15H2,1H3,(H,22,24)/b14-13+/t18-/m1/s1. The summed E-state index contributed by atoms with van der Waals surface area (Å²) in [5.41, 5.74) is 1.15. The van der Waals surface area contributed by atoms with Crippen molar-refractivity contribution >= 4 is 23.6 Å². The number of carbonyl (C=O) groups excluding carboxylic acids is 2. The average molecular weight is 382 g/mol. The highest BCUT2D eigenvalue weighted by molar-refractivity contribution is 5.90. The number of esters is 1. The Hall–Kier alpha value is -3.48. The summed E-state index contributed by atoms with van der Waals surface area (Å²) >= 11 is 0. The van der Waals surface area contributed by atoms with Gasteiger partial charge in [0.15, 0.2) is 6.61 Å². The molecule has 2 rings (SSSR count). The molecule has 0 heterocycles. The average Bonchev–Trinajstić information content (AvgIpc) is 2.71. The van der Waals surface area contributed by atoms with Crippen molar-refractivity contribution in [1.82, 2.24) is 5.32 Å². The SMILES string of the molecule is CCC[C@@H](NC(=O)COC(=O)/C=C/c1ccccc1[N+](=O)[O-])c1ccccc1. The van der Waals surface area contributed by atoms with Gasteiger partial charge in [0.1, 0.15) is 0 Å². The molecule has 0 aromatic heterocycles. The topological polar surface area (TPSA) is 98.5 Å². The third kappa shape index (κ3) is 6.35. The molecule has 2 aromatic carbocycles. The number of hydrogen-bond acceptors (Lipinski definition) is 5. The summed E-state index contributed by atoms with van der Waals surface area (Å²) in [7, 11) is 0. The molecule has 0 radical (unpaired) electrons. The van der Waals surface area contributed by atoms with E-state index in [1.54, 1.807) is 6.07 Å². The van der Waals surface area contributed by atoms with Gasteiger partial charge in [-0.2, -0.15) is 0 Å². The number of rotatable bonds is 9. The number of nitro groups is 1. The first-order chi connectivity index (χ1) is 13.5. The summed E-state index contributed by atoms with van der Waals surface area (Å²) in [6, 6.07) is 15.4. The zero-order chi connectivity index (χ0) is 20.4. The number of hydrogen-bond donors (Lipinski definition) is 1. The maximum Gasteiger partial charge on any atom is 0.331 e. The monoisotopic (exact) mass is 382 g/mol. The van der Waals surface area contributed by atoms with Crippen molar-refractivity contribution in [2.45, 2.75) is 25.8 Å². The van der Waals surface area contributed by atoms with Crippen molar-refractivity contribution in [3.63, 3.8) is 0 Å². The molecule has 0 saturated heterocycles. The van der Waals surface area contributed by atoms with E-state index in [4.69, 9.17) is 4.74 Å². The molecule has 1 amide bonds. The van der Waals surface area contributed by atoms with E-state index < -0.39 is 23.4 Å². The van der Waals surface area contributed by atoms with Gasteiger partial charge in [-0.25, -0.2) is 4.79 Å². The zero-order valence-corrected chi connectivity index (χ0v) is 15.5. The Bertz CT molecular complexity index is 849. The van der Waals surface area contributed by atoms with Gasteiger partial charge >= 0.3 is 5.97 Å². The Morgan fingerprint density at radius 2 is 1.82 bits per heavy atom. The van der Waals surface area contributed by atoms with Gasteiger partial charge in [-0.15, -0.1) is 0 Å². The molecule has 146 valence electrons. The van der Waals surface area contributed by atoms with E-state index in [1.807, 2.05) is 37.3 Å². The predicted molar refractivity (Wildman–Crippen MR) is 105 cm³/mol. The molecule has 0 spiro atoms. The number of ether oxygens (including phenoxy) is 1. The first kappa shape index (κ1) is 20.8. The summed E-state index contributed by atoms with van der Waals surface area (Å²) in [5.74, 6) is -1.16. The fourth-order valence-electron chi connectivity index (χ4n) is 2.67. The molecular formula is C21H22N2O5. The fraction of sp³-hybridized carbons (Fsp3) is 0.238. The highest BCUT2D eigenvalue weighted by atomic mass is 16.6. The fourth-order valence-corrected chi connectivity index (χ4v) is 2.67. The predicted octanol–water partition coefficient (Wildman–Crippen LogP) is 3.81. The van der Waals surface area contributed by atoms with E-state index in [1.165, 1.54) is 24.3 Å². The zero-order valence-electron chi connectivity index (χ0n) is 15.5. The number of nitrogens with one attached hydrogen (secondary N) is 1. The Labute approximate surface area is 163 Å². The van der Waals surface area contributed by atoms with Crippen molar-refractivity contribution in [3.05, 3.63) is 81.9 Å². The summed E-state index contributed by atoms with van der Waals surface area (Å²) < 4.78 is 4.93. The molecule has 7 nitrogen and oxygen atoms in total. The van der Waals surface area contributed by atoms with E-state index in [9.17, 15) is 19.7 Å². The lowest BCUT2D eigenvalue weighted by atomic mass is 10.0. The minimum absolute atomic E-state index is 0.116. The van der Waals surface area contributed by atoms with Gasteiger partial charge < -0.3 is 10.1 Å². The third-order valence-electron chi connectivity index (χ3n) is 3.99. The Morgan fingerprint density at radius 3 is 2.50 bits per heavy atom. The van der Waals surface area contributed by atoms with E-state index in [2.05, 4.69) is 5.32 Å². The van der Waals surface area contributed by atoms with Gasteiger partial charge in [-0.3, -0.25) is 14.9 Å². The second kappa shape index (κ2) is 10.6. The summed E-state index contributed by atoms with van der Waals surface area (Å²) in [4.78, 5) is 34.4. The van der Waals surface area contributed by atoms with Crippen LogP contribution in [0, 0.1) is 10.1 Å². The molecule has 0 fully saturated rings. The molecule has 0 unspecified atom stereocenters. The van der Waals surface area contributed by atoms with Crippen LogP contribution in [0.3, 0.4) is 0 Å². The molecule has 0 aliphatic carbocycles. The van der Waals surface area contributed by atoms with Gasteiger partial charge in [-0.05, 0) is 24.1 Å². The Balaban J connectivity index is 1.90. The molecule has 0 aliphatic heterocycles. The number of carbonyl (C=O) groups is 2. The van der Waals surface area contributed by atoms with Crippen LogP contribution in [0.1, 0.15) is 36.9 Å². The van der Waals surface area contributed by atoms with E-state index in [0.29, 0.717) is 0 Å². The van der Waals surface area contributed by atoms with Crippen molar-refractivity contribution in [1.29, 1.82) is 0 Å². The molecule has 1 atom stereocenters. The van der Waals surface area contributed by atoms with Crippen LogP contribution in [-0.2, 0) is 14.3 Å². The number of nitrogens with zero attached hydrogens (tertiary/aromatic N) is 1. The van der Waals surface area contributed by atoms with Crippen LogP contribution in [0.15, 0.2) is 60.7 Å². The van der Waals surface area contributed by atoms with Crippen LogP contribution in [0.25, 0.3) is 6.08 Å². The summed E-state index contributed by atoms with van der Waals surface area (Å²) in [6.45, 7) is 1.60. The van der Waals surface area contributed by atoms with E-state index >= 15 is 0 Å². The minimum atomic E-state index is -0.750. The van der Waals surface area contributed by atoms with Crippen molar-refractivity contribution in [2.24, 2.45) is 0 Å². The largest absolute Gasteiger partial charge is 0.452 e. The van der Waals surface area contributed by atoms with Crippen molar-refractivity contribution in [3.8, 4) is 0 Å². The number of amides is 1. The molecule has 7 heteroatoms. The highest BCUT2D eigenvalue weighted by Gasteiger charge is 2.15. The maximum absolute atomic E-state index is 12.1. The van der Waals surface area contributed by atoms with Crippen LogP contribution < -0.4 is 5.32 Å². The quantitative estimate of drug-likeness (QED) is 0.308. The molecule has 28 heavy (non-hydrogen) atoms. The molecule has 0 saturated carbocycles.